The van der Waals surface area contributed by atoms with Crippen molar-refractivity contribution in [2.24, 2.45) is 5.92 Å². The minimum Gasteiger partial charge on any atom is -0.399 e. The van der Waals surface area contributed by atoms with Gasteiger partial charge in [0.25, 0.3) is 5.91 Å². The molecule has 2 aromatic rings. The molecule has 0 unspecified atom stereocenters. The molecule has 0 aliphatic heterocycles. The van der Waals surface area contributed by atoms with Gasteiger partial charge in [-0.05, 0) is 48.7 Å². The van der Waals surface area contributed by atoms with Crippen LogP contribution in [-0.2, 0) is 11.3 Å². The molecule has 1 fully saturated rings. The number of rotatable bonds is 5. The van der Waals surface area contributed by atoms with E-state index in [1.165, 1.54) is 0 Å². The van der Waals surface area contributed by atoms with E-state index in [0.29, 0.717) is 17.8 Å². The van der Waals surface area contributed by atoms with Crippen molar-refractivity contribution in [2.75, 3.05) is 11.1 Å². The van der Waals surface area contributed by atoms with Crippen molar-refractivity contribution in [2.45, 2.75) is 32.2 Å². The number of benzene rings is 2. The van der Waals surface area contributed by atoms with E-state index in [1.807, 2.05) is 24.3 Å². The molecule has 0 saturated heterocycles. The maximum atomic E-state index is 12.2. The van der Waals surface area contributed by atoms with Crippen LogP contribution < -0.4 is 16.4 Å². The summed E-state index contributed by atoms with van der Waals surface area (Å²) < 4.78 is 0. The van der Waals surface area contributed by atoms with E-state index in [1.54, 1.807) is 24.3 Å². The number of nitrogens with two attached hydrogens (primary N) is 1. The maximum absolute atomic E-state index is 12.2. The lowest BCUT2D eigenvalue weighted by atomic mass is 10.1. The van der Waals surface area contributed by atoms with Crippen LogP contribution in [-0.4, -0.2) is 11.8 Å². The Bertz CT molecular complexity index is 767. The zero-order chi connectivity index (χ0) is 17.6. The molecule has 0 heterocycles. The molecule has 2 amide bonds. The fraction of sp³-hybridized carbons (Fsp3) is 0.300. The van der Waals surface area contributed by atoms with Gasteiger partial charge in [-0.15, -0.1) is 0 Å². The van der Waals surface area contributed by atoms with Gasteiger partial charge in [0, 0.05) is 29.4 Å². The molecular formula is C20H23N3O2. The smallest absolute Gasteiger partial charge is 0.251 e. The third kappa shape index (κ3) is 4.59. The van der Waals surface area contributed by atoms with E-state index in [-0.39, 0.29) is 17.7 Å². The molecule has 5 heteroatoms. The SMILES string of the molecule is Nc1cccc(C(=O)NCc2cccc(NC(=O)C3CCCC3)c2)c1. The highest BCUT2D eigenvalue weighted by molar-refractivity contribution is 5.95. The Morgan fingerprint density at radius 1 is 1.04 bits per heavy atom. The molecule has 1 aliphatic rings. The van der Waals surface area contributed by atoms with Gasteiger partial charge in [-0.2, -0.15) is 0 Å². The van der Waals surface area contributed by atoms with E-state index >= 15 is 0 Å². The van der Waals surface area contributed by atoms with Gasteiger partial charge in [0.2, 0.25) is 5.91 Å². The highest BCUT2D eigenvalue weighted by Gasteiger charge is 2.22. The third-order valence-corrected chi connectivity index (χ3v) is 4.52. The lowest BCUT2D eigenvalue weighted by molar-refractivity contribution is -0.119. The van der Waals surface area contributed by atoms with Crippen LogP contribution >= 0.6 is 0 Å². The topological polar surface area (TPSA) is 84.2 Å². The summed E-state index contributed by atoms with van der Waals surface area (Å²) in [6.45, 7) is 0.390. The van der Waals surface area contributed by atoms with Crippen LogP contribution in [0.15, 0.2) is 48.5 Å². The van der Waals surface area contributed by atoms with Crippen molar-refractivity contribution in [3.8, 4) is 0 Å². The molecular weight excluding hydrogens is 314 g/mol. The van der Waals surface area contributed by atoms with Crippen molar-refractivity contribution in [3.05, 3.63) is 59.7 Å². The standard InChI is InChI=1S/C20H23N3O2/c21-17-9-4-8-16(12-17)19(24)22-13-14-5-3-10-18(11-14)23-20(25)15-6-1-2-7-15/h3-5,8-12,15H,1-2,6-7,13,21H2,(H,22,24)(H,23,25). The third-order valence-electron chi connectivity index (χ3n) is 4.52. The van der Waals surface area contributed by atoms with Gasteiger partial charge in [0.15, 0.2) is 0 Å². The fourth-order valence-electron chi connectivity index (χ4n) is 3.16. The van der Waals surface area contributed by atoms with Crippen LogP contribution in [0.2, 0.25) is 0 Å². The molecule has 0 aromatic heterocycles. The number of nitrogen functional groups attached to an aromatic ring is 1. The Hall–Kier alpha value is -2.82. The number of anilines is 2. The molecule has 25 heavy (non-hydrogen) atoms. The monoisotopic (exact) mass is 337 g/mol. The highest BCUT2D eigenvalue weighted by atomic mass is 16.2. The fourth-order valence-corrected chi connectivity index (χ4v) is 3.16. The van der Waals surface area contributed by atoms with E-state index in [4.69, 9.17) is 5.73 Å². The first kappa shape index (κ1) is 17.0. The van der Waals surface area contributed by atoms with Crippen molar-refractivity contribution in [1.29, 1.82) is 0 Å². The van der Waals surface area contributed by atoms with E-state index in [2.05, 4.69) is 10.6 Å². The predicted molar refractivity (Wildman–Crippen MR) is 99.1 cm³/mol. The number of carbonyl (C=O) groups excluding carboxylic acids is 2. The Balaban J connectivity index is 1.58. The van der Waals surface area contributed by atoms with Gasteiger partial charge in [0.05, 0.1) is 0 Å². The summed E-state index contributed by atoms with van der Waals surface area (Å²) in [7, 11) is 0. The highest BCUT2D eigenvalue weighted by Crippen LogP contribution is 2.26. The van der Waals surface area contributed by atoms with Crippen molar-refractivity contribution >= 4 is 23.2 Å². The molecule has 0 atom stereocenters. The molecule has 0 spiro atoms. The second kappa shape index (κ2) is 7.83. The van der Waals surface area contributed by atoms with Gasteiger partial charge in [0.1, 0.15) is 0 Å². The first-order valence-corrected chi connectivity index (χ1v) is 8.65. The van der Waals surface area contributed by atoms with E-state index in [9.17, 15) is 9.59 Å². The summed E-state index contributed by atoms with van der Waals surface area (Å²) in [5.41, 5.74) is 8.50. The van der Waals surface area contributed by atoms with Crippen LogP contribution in [0.3, 0.4) is 0 Å². The van der Waals surface area contributed by atoms with E-state index in [0.717, 1.165) is 36.9 Å². The first-order chi connectivity index (χ1) is 12.1. The summed E-state index contributed by atoms with van der Waals surface area (Å²) in [6.07, 6.45) is 4.21. The minimum atomic E-state index is -0.173. The molecule has 2 aromatic carbocycles. The molecule has 5 nitrogen and oxygen atoms in total. The normalized spacial score (nSPS) is 14.2. The van der Waals surface area contributed by atoms with Crippen LogP contribution in [0.25, 0.3) is 0 Å². The lowest BCUT2D eigenvalue weighted by Gasteiger charge is -2.12. The Morgan fingerprint density at radius 3 is 2.56 bits per heavy atom. The average molecular weight is 337 g/mol. The first-order valence-electron chi connectivity index (χ1n) is 8.65. The molecule has 0 radical (unpaired) electrons. The van der Waals surface area contributed by atoms with Gasteiger partial charge >= 0.3 is 0 Å². The predicted octanol–water partition coefficient (Wildman–Crippen LogP) is 3.33. The largest absolute Gasteiger partial charge is 0.399 e. The quantitative estimate of drug-likeness (QED) is 0.732. The molecule has 1 saturated carbocycles. The van der Waals surface area contributed by atoms with Gasteiger partial charge < -0.3 is 16.4 Å². The van der Waals surface area contributed by atoms with Crippen molar-refractivity contribution in [3.63, 3.8) is 0 Å². The average Bonchev–Trinajstić information content (AvgIpc) is 3.15. The minimum absolute atomic E-state index is 0.0958. The number of carbonyl (C=O) groups is 2. The molecule has 4 N–H and O–H groups in total. The van der Waals surface area contributed by atoms with Crippen LogP contribution in [0.1, 0.15) is 41.6 Å². The van der Waals surface area contributed by atoms with Gasteiger partial charge in [-0.3, -0.25) is 9.59 Å². The summed E-state index contributed by atoms with van der Waals surface area (Å²) in [5.74, 6) is 0.0537. The van der Waals surface area contributed by atoms with E-state index < -0.39 is 0 Å². The second-order valence-electron chi connectivity index (χ2n) is 6.48. The summed E-state index contributed by atoms with van der Waals surface area (Å²) in [4.78, 5) is 24.4. The number of hydrogen-bond acceptors (Lipinski definition) is 3. The Labute approximate surface area is 147 Å². The molecule has 0 bridgehead atoms. The maximum Gasteiger partial charge on any atom is 0.251 e. The molecule has 1 aliphatic carbocycles. The Morgan fingerprint density at radius 2 is 1.80 bits per heavy atom. The van der Waals surface area contributed by atoms with Crippen molar-refractivity contribution in [1.82, 2.24) is 5.32 Å². The summed E-state index contributed by atoms with van der Waals surface area (Å²) in [5, 5.41) is 5.85. The second-order valence-corrected chi connectivity index (χ2v) is 6.48. The van der Waals surface area contributed by atoms with Crippen LogP contribution in [0.4, 0.5) is 11.4 Å². The van der Waals surface area contributed by atoms with Gasteiger partial charge in [-0.1, -0.05) is 31.0 Å². The zero-order valence-corrected chi connectivity index (χ0v) is 14.1. The number of amides is 2. The number of nitrogens with one attached hydrogen (secondary N) is 2. The van der Waals surface area contributed by atoms with Crippen LogP contribution in [0, 0.1) is 5.92 Å². The van der Waals surface area contributed by atoms with Crippen molar-refractivity contribution < 1.29 is 9.59 Å². The van der Waals surface area contributed by atoms with Gasteiger partial charge in [-0.25, -0.2) is 0 Å². The molecule has 130 valence electrons. The summed E-state index contributed by atoms with van der Waals surface area (Å²) >= 11 is 0. The molecule has 3 rings (SSSR count). The summed E-state index contributed by atoms with van der Waals surface area (Å²) in [6, 6.07) is 14.4. The Kier molecular flexibility index (Phi) is 5.33. The van der Waals surface area contributed by atoms with Crippen LogP contribution in [0.5, 0.6) is 0 Å². The number of hydrogen-bond donors (Lipinski definition) is 3. The lowest BCUT2D eigenvalue weighted by Crippen LogP contribution is -2.23. The zero-order valence-electron chi connectivity index (χ0n) is 14.1.